The molecule has 3 heterocycles. The molecule has 0 N–H and O–H groups in total. The molecule has 4 rings (SSSR count). The van der Waals surface area contributed by atoms with E-state index < -0.39 is 0 Å². The van der Waals surface area contributed by atoms with Gasteiger partial charge in [-0.1, -0.05) is 24.3 Å². The van der Waals surface area contributed by atoms with E-state index >= 15 is 0 Å². The maximum atomic E-state index is 4.48. The lowest BCUT2D eigenvalue weighted by Crippen LogP contribution is -2.31. The number of anilines is 1. The van der Waals surface area contributed by atoms with E-state index in [0.717, 1.165) is 36.4 Å². The largest absolute Gasteiger partial charge is 0.351 e. The normalized spacial score (nSPS) is 14.6. The molecule has 0 aliphatic carbocycles. The van der Waals surface area contributed by atoms with E-state index in [2.05, 4.69) is 44.2 Å². The molecule has 0 atom stereocenters. The summed E-state index contributed by atoms with van der Waals surface area (Å²) in [5, 5.41) is 5.31. The Labute approximate surface area is 116 Å². The van der Waals surface area contributed by atoms with Crippen molar-refractivity contribution >= 4 is 16.9 Å². The molecular weight excluding hydrogens is 250 g/mol. The standard InChI is InChI=1S/C15H15N5/c1-19-14-13(8-18-19)15(17-10-16-14)20-7-6-11-4-2-3-5-12(11)9-20/h2-5,8,10H,6-7,9H2,1H3. The molecule has 0 fully saturated rings. The van der Waals surface area contributed by atoms with Gasteiger partial charge in [0.25, 0.3) is 0 Å². The zero-order chi connectivity index (χ0) is 13.5. The first kappa shape index (κ1) is 11.4. The molecule has 0 bridgehead atoms. The van der Waals surface area contributed by atoms with Gasteiger partial charge in [0.2, 0.25) is 0 Å². The zero-order valence-electron chi connectivity index (χ0n) is 11.3. The van der Waals surface area contributed by atoms with Crippen LogP contribution >= 0.6 is 0 Å². The Morgan fingerprint density at radius 3 is 2.85 bits per heavy atom. The summed E-state index contributed by atoms with van der Waals surface area (Å²) in [6, 6.07) is 8.62. The highest BCUT2D eigenvalue weighted by atomic mass is 15.3. The van der Waals surface area contributed by atoms with Gasteiger partial charge < -0.3 is 4.90 Å². The van der Waals surface area contributed by atoms with Crippen molar-refractivity contribution in [2.24, 2.45) is 7.05 Å². The van der Waals surface area contributed by atoms with Gasteiger partial charge in [0, 0.05) is 20.1 Å². The number of rotatable bonds is 1. The average molecular weight is 265 g/mol. The van der Waals surface area contributed by atoms with Crippen LogP contribution in [0.1, 0.15) is 11.1 Å². The summed E-state index contributed by atoms with van der Waals surface area (Å²) in [6.07, 6.45) is 4.53. The van der Waals surface area contributed by atoms with Crippen molar-refractivity contribution in [1.82, 2.24) is 19.7 Å². The van der Waals surface area contributed by atoms with Crippen LogP contribution in [0.5, 0.6) is 0 Å². The molecule has 0 radical (unpaired) electrons. The number of hydrogen-bond donors (Lipinski definition) is 0. The summed E-state index contributed by atoms with van der Waals surface area (Å²) in [7, 11) is 1.91. The molecule has 3 aromatic rings. The first-order chi connectivity index (χ1) is 9.83. The summed E-state index contributed by atoms with van der Waals surface area (Å²) >= 11 is 0. The molecule has 0 amide bonds. The molecule has 5 nitrogen and oxygen atoms in total. The van der Waals surface area contributed by atoms with Gasteiger partial charge in [-0.2, -0.15) is 5.10 Å². The van der Waals surface area contributed by atoms with Crippen LogP contribution in [0.25, 0.3) is 11.0 Å². The van der Waals surface area contributed by atoms with Crippen molar-refractivity contribution in [2.45, 2.75) is 13.0 Å². The Kier molecular flexibility index (Phi) is 2.45. The molecule has 1 aromatic carbocycles. The Morgan fingerprint density at radius 1 is 1.10 bits per heavy atom. The van der Waals surface area contributed by atoms with E-state index in [0.29, 0.717) is 0 Å². The maximum absolute atomic E-state index is 4.48. The van der Waals surface area contributed by atoms with Gasteiger partial charge in [-0.15, -0.1) is 0 Å². The van der Waals surface area contributed by atoms with Crippen LogP contribution in [0.4, 0.5) is 5.82 Å². The molecule has 0 saturated carbocycles. The molecular formula is C15H15N5. The topological polar surface area (TPSA) is 46.8 Å². The van der Waals surface area contributed by atoms with Crippen molar-refractivity contribution < 1.29 is 0 Å². The van der Waals surface area contributed by atoms with Crippen molar-refractivity contribution in [3.63, 3.8) is 0 Å². The smallest absolute Gasteiger partial charge is 0.163 e. The summed E-state index contributed by atoms with van der Waals surface area (Å²) < 4.78 is 1.79. The molecule has 1 aliphatic heterocycles. The molecule has 100 valence electrons. The first-order valence-corrected chi connectivity index (χ1v) is 6.77. The van der Waals surface area contributed by atoms with Gasteiger partial charge in [-0.05, 0) is 17.5 Å². The lowest BCUT2D eigenvalue weighted by atomic mass is 10.00. The fourth-order valence-corrected chi connectivity index (χ4v) is 2.88. The third kappa shape index (κ3) is 1.66. The Hall–Kier alpha value is -2.43. The highest BCUT2D eigenvalue weighted by Crippen LogP contribution is 2.27. The third-order valence-corrected chi connectivity index (χ3v) is 3.94. The first-order valence-electron chi connectivity index (χ1n) is 6.77. The van der Waals surface area contributed by atoms with Gasteiger partial charge in [-0.3, -0.25) is 4.68 Å². The minimum Gasteiger partial charge on any atom is -0.351 e. The van der Waals surface area contributed by atoms with Crippen LogP contribution in [0.2, 0.25) is 0 Å². The second-order valence-electron chi connectivity index (χ2n) is 5.14. The minimum atomic E-state index is 0.883. The van der Waals surface area contributed by atoms with Crippen LogP contribution in [0.15, 0.2) is 36.8 Å². The van der Waals surface area contributed by atoms with Crippen LogP contribution in [0.3, 0.4) is 0 Å². The monoisotopic (exact) mass is 265 g/mol. The lowest BCUT2D eigenvalue weighted by Gasteiger charge is -2.29. The highest BCUT2D eigenvalue weighted by molar-refractivity contribution is 5.86. The number of aryl methyl sites for hydroxylation is 1. The fraction of sp³-hybridized carbons (Fsp3) is 0.267. The van der Waals surface area contributed by atoms with Crippen LogP contribution < -0.4 is 4.90 Å². The SMILES string of the molecule is Cn1ncc2c(N3CCc4ccccc4C3)ncnc21. The van der Waals surface area contributed by atoms with Crippen LogP contribution in [-0.4, -0.2) is 26.3 Å². The molecule has 1 aliphatic rings. The Morgan fingerprint density at radius 2 is 1.95 bits per heavy atom. The van der Waals surface area contributed by atoms with Gasteiger partial charge >= 0.3 is 0 Å². The van der Waals surface area contributed by atoms with Gasteiger partial charge in [0.15, 0.2) is 5.65 Å². The summed E-state index contributed by atoms with van der Waals surface area (Å²) in [6.45, 7) is 1.88. The van der Waals surface area contributed by atoms with E-state index in [1.54, 1.807) is 11.0 Å². The third-order valence-electron chi connectivity index (χ3n) is 3.94. The van der Waals surface area contributed by atoms with Crippen molar-refractivity contribution in [3.05, 3.63) is 47.9 Å². The number of nitrogens with zero attached hydrogens (tertiary/aromatic N) is 5. The lowest BCUT2D eigenvalue weighted by molar-refractivity contribution is 0.722. The molecule has 0 unspecified atom stereocenters. The van der Waals surface area contributed by atoms with Crippen LogP contribution in [0, 0.1) is 0 Å². The Balaban J connectivity index is 1.78. The summed E-state index contributed by atoms with van der Waals surface area (Å²) in [5.74, 6) is 0.984. The average Bonchev–Trinajstić information content (AvgIpc) is 2.88. The predicted octanol–water partition coefficient (Wildman–Crippen LogP) is 1.93. The molecule has 0 spiro atoms. The predicted molar refractivity (Wildman–Crippen MR) is 77.5 cm³/mol. The number of hydrogen-bond acceptors (Lipinski definition) is 4. The van der Waals surface area contributed by atoms with Crippen molar-refractivity contribution in [2.75, 3.05) is 11.4 Å². The zero-order valence-corrected chi connectivity index (χ0v) is 11.3. The molecule has 0 saturated heterocycles. The van der Waals surface area contributed by atoms with Crippen molar-refractivity contribution in [1.29, 1.82) is 0 Å². The number of benzene rings is 1. The van der Waals surface area contributed by atoms with Gasteiger partial charge in [-0.25, -0.2) is 9.97 Å². The second-order valence-corrected chi connectivity index (χ2v) is 5.14. The van der Waals surface area contributed by atoms with Crippen LogP contribution in [-0.2, 0) is 20.0 Å². The van der Waals surface area contributed by atoms with E-state index in [-0.39, 0.29) is 0 Å². The second kappa shape index (κ2) is 4.30. The molecule has 5 heteroatoms. The number of aromatic nitrogens is 4. The minimum absolute atomic E-state index is 0.883. The van der Waals surface area contributed by atoms with E-state index in [1.807, 2.05) is 13.2 Å². The summed E-state index contributed by atoms with van der Waals surface area (Å²) in [5.41, 5.74) is 3.71. The maximum Gasteiger partial charge on any atom is 0.163 e. The molecule has 20 heavy (non-hydrogen) atoms. The molecule has 2 aromatic heterocycles. The van der Waals surface area contributed by atoms with Gasteiger partial charge in [0.1, 0.15) is 12.1 Å². The summed E-state index contributed by atoms with van der Waals surface area (Å²) in [4.78, 5) is 11.1. The fourth-order valence-electron chi connectivity index (χ4n) is 2.88. The van der Waals surface area contributed by atoms with E-state index in [9.17, 15) is 0 Å². The highest BCUT2D eigenvalue weighted by Gasteiger charge is 2.20. The van der Waals surface area contributed by atoms with Gasteiger partial charge in [0.05, 0.1) is 11.6 Å². The van der Waals surface area contributed by atoms with E-state index in [4.69, 9.17) is 0 Å². The Bertz CT molecular complexity index is 777. The van der Waals surface area contributed by atoms with E-state index in [1.165, 1.54) is 11.1 Å². The van der Waals surface area contributed by atoms with Crippen molar-refractivity contribution in [3.8, 4) is 0 Å². The quantitative estimate of drug-likeness (QED) is 0.674. The number of fused-ring (bicyclic) bond motifs is 2.